The molecule has 0 aliphatic rings. The van der Waals surface area contributed by atoms with Crippen LogP contribution in [-0.4, -0.2) is 16.9 Å². The molecule has 98 valence electrons. The van der Waals surface area contributed by atoms with E-state index in [2.05, 4.69) is 15.6 Å². The number of anilines is 2. The number of nitrogens with one attached hydrogen (secondary N) is 2. The molecule has 0 spiro atoms. The van der Waals surface area contributed by atoms with Crippen molar-refractivity contribution in [2.75, 3.05) is 10.6 Å². The number of halogens is 1. The van der Waals surface area contributed by atoms with Crippen molar-refractivity contribution in [2.24, 2.45) is 0 Å². The van der Waals surface area contributed by atoms with Gasteiger partial charge < -0.3 is 10.6 Å². The number of benzene rings is 1. The molecule has 1 amide bonds. The van der Waals surface area contributed by atoms with Crippen LogP contribution in [0.5, 0.6) is 0 Å². The molecule has 1 atom stereocenters. The average molecular weight is 276 g/mol. The Labute approximate surface area is 116 Å². The number of hydrogen-bond donors (Lipinski definition) is 2. The van der Waals surface area contributed by atoms with Crippen LogP contribution in [-0.2, 0) is 4.79 Å². The van der Waals surface area contributed by atoms with Gasteiger partial charge in [0.1, 0.15) is 11.9 Å². The molecule has 0 bridgehead atoms. The molecule has 2 N–H and O–H groups in total. The number of rotatable bonds is 4. The van der Waals surface area contributed by atoms with Gasteiger partial charge in [0.2, 0.25) is 5.91 Å². The summed E-state index contributed by atoms with van der Waals surface area (Å²) < 4.78 is 0. The molecular formula is C14H14ClN3O. The molecule has 2 rings (SSSR count). The standard InChI is InChI=1S/C14H14ClN3O/c1-10(17-12-5-3-2-4-6-12)14(19)18-13-8-7-11(15)9-16-13/h2-10,17H,1H3,(H,16,18,19)/t10-/m0/s1. The zero-order valence-electron chi connectivity index (χ0n) is 10.4. The second kappa shape index (κ2) is 6.20. The summed E-state index contributed by atoms with van der Waals surface area (Å²) in [4.78, 5) is 16.0. The van der Waals surface area contributed by atoms with E-state index in [1.165, 1.54) is 6.20 Å². The van der Waals surface area contributed by atoms with Crippen molar-refractivity contribution in [1.29, 1.82) is 0 Å². The molecule has 0 aliphatic carbocycles. The lowest BCUT2D eigenvalue weighted by Gasteiger charge is -2.14. The molecule has 1 aromatic carbocycles. The third-order valence-corrected chi connectivity index (χ3v) is 2.75. The second-order valence-corrected chi connectivity index (χ2v) is 4.52. The topological polar surface area (TPSA) is 54.0 Å². The highest BCUT2D eigenvalue weighted by molar-refractivity contribution is 6.30. The van der Waals surface area contributed by atoms with Crippen LogP contribution in [0.25, 0.3) is 0 Å². The van der Waals surface area contributed by atoms with E-state index < -0.39 is 0 Å². The number of para-hydroxylation sites is 1. The van der Waals surface area contributed by atoms with E-state index in [0.29, 0.717) is 10.8 Å². The quantitative estimate of drug-likeness (QED) is 0.901. The number of hydrogen-bond acceptors (Lipinski definition) is 3. The number of amides is 1. The molecule has 1 heterocycles. The van der Waals surface area contributed by atoms with Crippen LogP contribution in [0.4, 0.5) is 11.5 Å². The van der Waals surface area contributed by atoms with E-state index in [4.69, 9.17) is 11.6 Å². The Kier molecular flexibility index (Phi) is 4.36. The van der Waals surface area contributed by atoms with Crippen molar-refractivity contribution in [2.45, 2.75) is 13.0 Å². The van der Waals surface area contributed by atoms with E-state index in [0.717, 1.165) is 5.69 Å². The molecule has 0 aliphatic heterocycles. The lowest BCUT2D eigenvalue weighted by molar-refractivity contribution is -0.116. The summed E-state index contributed by atoms with van der Waals surface area (Å²) in [5.41, 5.74) is 0.897. The van der Waals surface area contributed by atoms with E-state index in [9.17, 15) is 4.79 Å². The smallest absolute Gasteiger partial charge is 0.247 e. The first-order valence-corrected chi connectivity index (χ1v) is 6.27. The van der Waals surface area contributed by atoms with Gasteiger partial charge in [0.25, 0.3) is 0 Å². The molecule has 0 saturated carbocycles. The molecule has 0 fully saturated rings. The van der Waals surface area contributed by atoms with Gasteiger partial charge >= 0.3 is 0 Å². The number of carbonyl (C=O) groups excluding carboxylic acids is 1. The van der Waals surface area contributed by atoms with E-state index in [-0.39, 0.29) is 11.9 Å². The predicted octanol–water partition coefficient (Wildman–Crippen LogP) is 3.17. The van der Waals surface area contributed by atoms with Crippen LogP contribution in [0.1, 0.15) is 6.92 Å². The van der Waals surface area contributed by atoms with Crippen LogP contribution < -0.4 is 10.6 Å². The molecule has 0 saturated heterocycles. The highest BCUT2D eigenvalue weighted by atomic mass is 35.5. The van der Waals surface area contributed by atoms with Crippen molar-refractivity contribution in [1.82, 2.24) is 4.98 Å². The maximum absolute atomic E-state index is 12.0. The second-order valence-electron chi connectivity index (χ2n) is 4.08. The third-order valence-electron chi connectivity index (χ3n) is 2.53. The lowest BCUT2D eigenvalue weighted by atomic mass is 10.2. The van der Waals surface area contributed by atoms with Gasteiger partial charge in [-0.05, 0) is 31.2 Å². The molecule has 1 aromatic heterocycles. The van der Waals surface area contributed by atoms with Gasteiger partial charge in [0.05, 0.1) is 5.02 Å². The highest BCUT2D eigenvalue weighted by Gasteiger charge is 2.12. The Morgan fingerprint density at radius 1 is 1.21 bits per heavy atom. The Balaban J connectivity index is 1.94. The van der Waals surface area contributed by atoms with Crippen molar-refractivity contribution < 1.29 is 4.79 Å². The van der Waals surface area contributed by atoms with Crippen molar-refractivity contribution in [3.8, 4) is 0 Å². The highest BCUT2D eigenvalue weighted by Crippen LogP contribution is 2.11. The van der Waals surface area contributed by atoms with Gasteiger partial charge in [-0.1, -0.05) is 29.8 Å². The van der Waals surface area contributed by atoms with Gasteiger partial charge in [-0.2, -0.15) is 0 Å². The van der Waals surface area contributed by atoms with Gasteiger partial charge in [-0.3, -0.25) is 4.79 Å². The zero-order chi connectivity index (χ0) is 13.7. The fourth-order valence-corrected chi connectivity index (χ4v) is 1.65. The number of pyridine rings is 1. The van der Waals surface area contributed by atoms with Crippen LogP contribution in [0.15, 0.2) is 48.7 Å². The maximum Gasteiger partial charge on any atom is 0.247 e. The largest absolute Gasteiger partial charge is 0.374 e. The van der Waals surface area contributed by atoms with Gasteiger partial charge in [-0.25, -0.2) is 4.98 Å². The monoisotopic (exact) mass is 275 g/mol. The summed E-state index contributed by atoms with van der Waals surface area (Å²) in [6.45, 7) is 1.79. The van der Waals surface area contributed by atoms with Gasteiger partial charge in [0.15, 0.2) is 0 Å². The predicted molar refractivity (Wildman–Crippen MR) is 77.4 cm³/mol. The molecule has 19 heavy (non-hydrogen) atoms. The van der Waals surface area contributed by atoms with E-state index >= 15 is 0 Å². The minimum absolute atomic E-state index is 0.154. The Hall–Kier alpha value is -2.07. The fraction of sp³-hybridized carbons (Fsp3) is 0.143. The average Bonchev–Trinajstić information content (AvgIpc) is 2.42. The van der Waals surface area contributed by atoms with Crippen LogP contribution in [0.3, 0.4) is 0 Å². The third kappa shape index (κ3) is 3.96. The van der Waals surface area contributed by atoms with Crippen molar-refractivity contribution >= 4 is 29.0 Å². The van der Waals surface area contributed by atoms with Gasteiger partial charge in [0, 0.05) is 11.9 Å². The SMILES string of the molecule is C[C@H](Nc1ccccc1)C(=O)Nc1ccc(Cl)cn1. The Morgan fingerprint density at radius 2 is 1.95 bits per heavy atom. The molecule has 5 heteroatoms. The molecular weight excluding hydrogens is 262 g/mol. The first-order chi connectivity index (χ1) is 9.15. The number of aromatic nitrogens is 1. The summed E-state index contributed by atoms with van der Waals surface area (Å²) >= 11 is 5.73. The fourth-order valence-electron chi connectivity index (χ4n) is 1.53. The van der Waals surface area contributed by atoms with Crippen LogP contribution in [0.2, 0.25) is 5.02 Å². The summed E-state index contributed by atoms with van der Waals surface area (Å²) in [7, 11) is 0. The van der Waals surface area contributed by atoms with E-state index in [1.54, 1.807) is 19.1 Å². The maximum atomic E-state index is 12.0. The molecule has 4 nitrogen and oxygen atoms in total. The molecule has 0 radical (unpaired) electrons. The summed E-state index contributed by atoms with van der Waals surface area (Å²) in [5.74, 6) is 0.329. The first-order valence-electron chi connectivity index (χ1n) is 5.89. The summed E-state index contributed by atoms with van der Waals surface area (Å²) in [6, 6.07) is 12.5. The molecule has 0 unspecified atom stereocenters. The summed E-state index contributed by atoms with van der Waals surface area (Å²) in [6.07, 6.45) is 1.49. The number of carbonyl (C=O) groups is 1. The zero-order valence-corrected chi connectivity index (χ0v) is 11.2. The Morgan fingerprint density at radius 3 is 2.58 bits per heavy atom. The van der Waals surface area contributed by atoms with Crippen LogP contribution in [0, 0.1) is 0 Å². The minimum atomic E-state index is -0.361. The first kappa shape index (κ1) is 13.4. The number of nitrogens with zero attached hydrogens (tertiary/aromatic N) is 1. The van der Waals surface area contributed by atoms with Gasteiger partial charge in [-0.15, -0.1) is 0 Å². The van der Waals surface area contributed by atoms with Crippen molar-refractivity contribution in [3.05, 3.63) is 53.7 Å². The minimum Gasteiger partial charge on any atom is -0.374 e. The van der Waals surface area contributed by atoms with E-state index in [1.807, 2.05) is 30.3 Å². The summed E-state index contributed by atoms with van der Waals surface area (Å²) in [5, 5.41) is 6.36. The normalized spacial score (nSPS) is 11.7. The molecule has 2 aromatic rings. The lowest BCUT2D eigenvalue weighted by Crippen LogP contribution is -2.32. The Bertz CT molecular complexity index is 542. The van der Waals surface area contributed by atoms with Crippen molar-refractivity contribution in [3.63, 3.8) is 0 Å². The van der Waals surface area contributed by atoms with Crippen LogP contribution >= 0.6 is 11.6 Å².